The Labute approximate surface area is 274 Å². The van der Waals surface area contributed by atoms with E-state index in [0.29, 0.717) is 5.56 Å². The molecule has 0 amide bonds. The van der Waals surface area contributed by atoms with E-state index in [-0.39, 0.29) is 5.92 Å². The molecule has 9 rings (SSSR count). The van der Waals surface area contributed by atoms with E-state index < -0.39 is 5.54 Å². The monoisotopic (exact) mass is 601 g/mol. The average Bonchev–Trinajstić information content (AvgIpc) is 3.61. The van der Waals surface area contributed by atoms with Gasteiger partial charge in [0.25, 0.3) is 0 Å². The highest BCUT2D eigenvalue weighted by Gasteiger charge is 2.51. The second-order valence-corrected chi connectivity index (χ2v) is 12.6. The van der Waals surface area contributed by atoms with Crippen LogP contribution in [0.15, 0.2) is 164 Å². The van der Waals surface area contributed by atoms with Crippen molar-refractivity contribution in [2.75, 3.05) is 4.90 Å². The lowest BCUT2D eigenvalue weighted by Crippen LogP contribution is -2.46. The highest BCUT2D eigenvalue weighted by molar-refractivity contribution is 6.11. The summed E-state index contributed by atoms with van der Waals surface area (Å²) in [5.74, 6) is -0.00343. The minimum absolute atomic E-state index is 0.00343. The molecular weight excluding hydrogens is 571 g/mol. The number of nitriles is 1. The van der Waals surface area contributed by atoms with Crippen molar-refractivity contribution in [3.05, 3.63) is 181 Å². The van der Waals surface area contributed by atoms with Crippen molar-refractivity contribution < 1.29 is 0 Å². The molecule has 6 aromatic carbocycles. The number of hydrogen-bond acceptors (Lipinski definition) is 2. The quantitative estimate of drug-likeness (QED) is 0.201. The largest absolute Gasteiger partial charge is 0.330 e. The molecule has 0 radical (unpaired) electrons. The van der Waals surface area contributed by atoms with Gasteiger partial charge < -0.3 is 9.47 Å². The van der Waals surface area contributed by atoms with Crippen LogP contribution in [0.25, 0.3) is 44.2 Å². The summed E-state index contributed by atoms with van der Waals surface area (Å²) in [7, 11) is 0. The van der Waals surface area contributed by atoms with Crippen molar-refractivity contribution in [1.29, 1.82) is 5.26 Å². The van der Waals surface area contributed by atoms with E-state index in [0.717, 1.165) is 22.4 Å². The van der Waals surface area contributed by atoms with Gasteiger partial charge in [0.1, 0.15) is 6.07 Å². The van der Waals surface area contributed by atoms with Crippen molar-refractivity contribution >= 4 is 38.8 Å². The second kappa shape index (κ2) is 10.5. The molecule has 0 bridgehead atoms. The Balaban J connectivity index is 1.33. The molecule has 0 N–H and O–H groups in total. The first-order chi connectivity index (χ1) is 23.2. The predicted molar refractivity (Wildman–Crippen MR) is 194 cm³/mol. The maximum atomic E-state index is 10.2. The van der Waals surface area contributed by atoms with Gasteiger partial charge in [-0.15, -0.1) is 0 Å². The van der Waals surface area contributed by atoms with E-state index >= 15 is 0 Å². The summed E-state index contributed by atoms with van der Waals surface area (Å²) in [5.41, 5.74) is 11.9. The number of allylic oxidation sites excluding steroid dienone is 2. The fourth-order valence-electron chi connectivity index (χ4n) is 8.11. The molecule has 1 aromatic heterocycles. The van der Waals surface area contributed by atoms with Gasteiger partial charge >= 0.3 is 0 Å². The molecule has 0 fully saturated rings. The molecular formula is C44H31N3. The minimum atomic E-state index is -0.432. The van der Waals surface area contributed by atoms with Gasteiger partial charge in [-0.05, 0) is 65.6 Å². The van der Waals surface area contributed by atoms with Gasteiger partial charge in [-0.1, -0.05) is 127 Å². The summed E-state index contributed by atoms with van der Waals surface area (Å²) in [6.07, 6.45) is 6.91. The van der Waals surface area contributed by atoms with Crippen LogP contribution in [0.2, 0.25) is 0 Å². The zero-order valence-corrected chi connectivity index (χ0v) is 26.0. The first kappa shape index (κ1) is 27.2. The Morgan fingerprint density at radius 3 is 2.21 bits per heavy atom. The SMILES string of the molecule is CC12C(=CC=CC1c1cccc3c4ccccc4n(-c4ccccc4C#N)c13)c1ccc(-c3ccccc3)cc1N2c1ccccc1. The van der Waals surface area contributed by atoms with Gasteiger partial charge in [0.2, 0.25) is 0 Å². The summed E-state index contributed by atoms with van der Waals surface area (Å²) >= 11 is 0. The van der Waals surface area contributed by atoms with Crippen LogP contribution in [0, 0.1) is 11.3 Å². The third kappa shape index (κ3) is 3.92. The first-order valence-corrected chi connectivity index (χ1v) is 16.1. The molecule has 3 heteroatoms. The summed E-state index contributed by atoms with van der Waals surface area (Å²) in [6, 6.07) is 54.0. The molecule has 2 unspecified atom stereocenters. The van der Waals surface area contributed by atoms with Crippen LogP contribution in [0.5, 0.6) is 0 Å². The van der Waals surface area contributed by atoms with Crippen LogP contribution < -0.4 is 4.90 Å². The lowest BCUT2D eigenvalue weighted by molar-refractivity contribution is 0.539. The number of anilines is 2. The lowest BCUT2D eigenvalue weighted by Gasteiger charge is -2.45. The van der Waals surface area contributed by atoms with Crippen LogP contribution in [0.1, 0.15) is 29.5 Å². The zero-order valence-electron chi connectivity index (χ0n) is 26.0. The average molecular weight is 602 g/mol. The number of benzene rings is 6. The fourth-order valence-corrected chi connectivity index (χ4v) is 8.11. The molecule has 1 aliphatic carbocycles. The standard InChI is InChI=1S/C44H31N3/c1-44-38(36-27-26-31(30-14-4-2-5-15-30)28-42(36)47(44)33-17-6-3-7-18-33)22-13-23-39(44)37-21-12-20-35-34-19-9-11-25-41(34)46(43(35)37)40-24-10-8-16-32(40)29-45/h2-28,39H,1H3. The van der Waals surface area contributed by atoms with Crippen LogP contribution in [0.3, 0.4) is 0 Å². The number of rotatable bonds is 4. The van der Waals surface area contributed by atoms with Crippen molar-refractivity contribution in [2.45, 2.75) is 18.4 Å². The number of fused-ring (bicyclic) bond motifs is 6. The Morgan fingerprint density at radius 1 is 0.660 bits per heavy atom. The van der Waals surface area contributed by atoms with Gasteiger partial charge in [-0.3, -0.25) is 0 Å². The zero-order chi connectivity index (χ0) is 31.5. The molecule has 2 atom stereocenters. The molecule has 1 aliphatic heterocycles. The van der Waals surface area contributed by atoms with Crippen molar-refractivity contribution in [3.8, 4) is 22.9 Å². The van der Waals surface area contributed by atoms with Gasteiger partial charge in [0.15, 0.2) is 0 Å². The molecule has 2 aliphatic rings. The van der Waals surface area contributed by atoms with Gasteiger partial charge in [0.05, 0.1) is 33.5 Å². The number of nitrogens with zero attached hydrogens (tertiary/aromatic N) is 3. The molecule has 7 aromatic rings. The molecule has 2 heterocycles. The first-order valence-electron chi connectivity index (χ1n) is 16.1. The number of hydrogen-bond donors (Lipinski definition) is 0. The number of aromatic nitrogens is 1. The molecule has 0 saturated heterocycles. The van der Waals surface area contributed by atoms with Crippen LogP contribution >= 0.6 is 0 Å². The second-order valence-electron chi connectivity index (χ2n) is 12.6. The van der Waals surface area contributed by atoms with Crippen molar-refractivity contribution in [2.24, 2.45) is 0 Å². The van der Waals surface area contributed by atoms with Crippen LogP contribution in [-0.4, -0.2) is 10.1 Å². The topological polar surface area (TPSA) is 32.0 Å². The Hall–Kier alpha value is -6.11. The summed E-state index contributed by atoms with van der Waals surface area (Å²) in [4.78, 5) is 2.56. The summed E-state index contributed by atoms with van der Waals surface area (Å²) < 4.78 is 2.32. The Bertz CT molecular complexity index is 2440. The smallest absolute Gasteiger partial charge is 0.101 e. The van der Waals surface area contributed by atoms with Crippen LogP contribution in [0.4, 0.5) is 11.4 Å². The van der Waals surface area contributed by atoms with Crippen LogP contribution in [-0.2, 0) is 0 Å². The van der Waals surface area contributed by atoms with E-state index in [1.807, 2.05) is 18.2 Å². The summed E-state index contributed by atoms with van der Waals surface area (Å²) in [5, 5.41) is 12.6. The Kier molecular flexibility index (Phi) is 6.07. The molecule has 47 heavy (non-hydrogen) atoms. The van der Waals surface area contributed by atoms with E-state index in [1.165, 1.54) is 44.3 Å². The Morgan fingerprint density at radius 2 is 1.38 bits per heavy atom. The third-order valence-electron chi connectivity index (χ3n) is 10.2. The highest BCUT2D eigenvalue weighted by Crippen LogP contribution is 2.59. The normalized spacial score (nSPS) is 18.2. The molecule has 222 valence electrons. The maximum Gasteiger partial charge on any atom is 0.101 e. The van der Waals surface area contributed by atoms with Gasteiger partial charge in [0, 0.05) is 27.9 Å². The third-order valence-corrected chi connectivity index (χ3v) is 10.2. The molecule has 0 saturated carbocycles. The highest BCUT2D eigenvalue weighted by atomic mass is 15.2. The van der Waals surface area contributed by atoms with E-state index in [9.17, 15) is 5.26 Å². The van der Waals surface area contributed by atoms with E-state index in [2.05, 4.69) is 168 Å². The van der Waals surface area contributed by atoms with Crippen molar-refractivity contribution in [3.63, 3.8) is 0 Å². The fraction of sp³-hybridized carbons (Fsp3) is 0.0682. The minimum Gasteiger partial charge on any atom is -0.330 e. The molecule has 0 spiro atoms. The number of para-hydroxylation sites is 4. The van der Waals surface area contributed by atoms with Crippen molar-refractivity contribution in [1.82, 2.24) is 4.57 Å². The van der Waals surface area contributed by atoms with Gasteiger partial charge in [-0.25, -0.2) is 0 Å². The van der Waals surface area contributed by atoms with Gasteiger partial charge in [-0.2, -0.15) is 5.26 Å². The molecule has 3 nitrogen and oxygen atoms in total. The predicted octanol–water partition coefficient (Wildman–Crippen LogP) is 11.0. The maximum absolute atomic E-state index is 10.2. The summed E-state index contributed by atoms with van der Waals surface area (Å²) in [6.45, 7) is 2.40. The lowest BCUT2D eigenvalue weighted by atomic mass is 9.71. The van der Waals surface area contributed by atoms with E-state index in [1.54, 1.807) is 0 Å². The van der Waals surface area contributed by atoms with E-state index in [4.69, 9.17) is 0 Å².